The van der Waals surface area contributed by atoms with Crippen LogP contribution in [0, 0.1) is 0 Å². The van der Waals surface area contributed by atoms with Crippen molar-refractivity contribution in [2.45, 2.75) is 0 Å². The predicted octanol–water partition coefficient (Wildman–Crippen LogP) is 1.27. The van der Waals surface area contributed by atoms with Gasteiger partial charge in [0.15, 0.2) is 5.82 Å². The van der Waals surface area contributed by atoms with Crippen LogP contribution in [0.25, 0.3) is 22.4 Å². The molecule has 0 aliphatic carbocycles. The maximum atomic E-state index is 12.0. The minimum absolute atomic E-state index is 0.0413. The zero-order valence-corrected chi connectivity index (χ0v) is 9.79. The van der Waals surface area contributed by atoms with Gasteiger partial charge in [0.2, 0.25) is 0 Å². The van der Waals surface area contributed by atoms with Gasteiger partial charge in [0, 0.05) is 11.9 Å². The number of nitrogens with one attached hydrogen (secondary N) is 1. The van der Waals surface area contributed by atoms with Crippen molar-refractivity contribution in [1.82, 2.24) is 15.0 Å². The van der Waals surface area contributed by atoms with Crippen molar-refractivity contribution in [1.29, 1.82) is 0 Å². The average Bonchev–Trinajstić information content (AvgIpc) is 2.40. The topological polar surface area (TPSA) is 105 Å². The SMILES string of the molecule is Nc1ccc2nc(-c3ncccc3O)[nH]c(=O)c2c1. The summed E-state index contributed by atoms with van der Waals surface area (Å²) in [6.07, 6.45) is 1.52. The predicted molar refractivity (Wildman–Crippen MR) is 71.7 cm³/mol. The molecule has 0 saturated carbocycles. The zero-order valence-electron chi connectivity index (χ0n) is 9.79. The number of fused-ring (bicyclic) bond motifs is 1. The van der Waals surface area contributed by atoms with Crippen LogP contribution in [0.15, 0.2) is 41.3 Å². The van der Waals surface area contributed by atoms with Crippen LogP contribution in [0.2, 0.25) is 0 Å². The minimum atomic E-state index is -0.322. The Hall–Kier alpha value is -2.89. The largest absolute Gasteiger partial charge is 0.506 e. The smallest absolute Gasteiger partial charge is 0.259 e. The number of hydrogen-bond donors (Lipinski definition) is 3. The number of anilines is 1. The second kappa shape index (κ2) is 4.09. The molecule has 0 spiro atoms. The highest BCUT2D eigenvalue weighted by Crippen LogP contribution is 2.23. The third-order valence-electron chi connectivity index (χ3n) is 2.74. The number of nitrogens with zero attached hydrogens (tertiary/aromatic N) is 2. The molecule has 2 aromatic heterocycles. The number of aromatic hydroxyl groups is 1. The number of hydrogen-bond acceptors (Lipinski definition) is 5. The van der Waals surface area contributed by atoms with E-state index in [0.717, 1.165) is 0 Å². The van der Waals surface area contributed by atoms with E-state index in [0.29, 0.717) is 16.6 Å². The highest BCUT2D eigenvalue weighted by atomic mass is 16.3. The summed E-state index contributed by atoms with van der Waals surface area (Å²) in [4.78, 5) is 22.8. The molecule has 1 aromatic carbocycles. The molecule has 4 N–H and O–H groups in total. The van der Waals surface area contributed by atoms with Crippen LogP contribution in [0.5, 0.6) is 5.75 Å². The Morgan fingerprint density at radius 3 is 2.89 bits per heavy atom. The fourth-order valence-corrected chi connectivity index (χ4v) is 1.85. The number of nitrogen functional groups attached to an aromatic ring is 1. The van der Waals surface area contributed by atoms with E-state index < -0.39 is 0 Å². The molecule has 6 heteroatoms. The molecule has 3 aromatic rings. The van der Waals surface area contributed by atoms with Crippen molar-refractivity contribution in [2.75, 3.05) is 5.73 Å². The molecule has 0 unspecified atom stereocenters. The van der Waals surface area contributed by atoms with Gasteiger partial charge in [-0.05, 0) is 30.3 Å². The molecule has 0 aliphatic heterocycles. The van der Waals surface area contributed by atoms with Crippen molar-refractivity contribution >= 4 is 16.6 Å². The van der Waals surface area contributed by atoms with Crippen LogP contribution in [-0.4, -0.2) is 20.1 Å². The Bertz CT molecular complexity index is 826. The summed E-state index contributed by atoms with van der Waals surface area (Å²) >= 11 is 0. The number of H-pyrrole nitrogens is 1. The van der Waals surface area contributed by atoms with E-state index in [2.05, 4.69) is 15.0 Å². The molecule has 0 bridgehead atoms. The van der Waals surface area contributed by atoms with Crippen LogP contribution in [0.4, 0.5) is 5.69 Å². The molecule has 94 valence electrons. The van der Waals surface area contributed by atoms with Crippen LogP contribution in [0.3, 0.4) is 0 Å². The van der Waals surface area contributed by atoms with Gasteiger partial charge in [-0.2, -0.15) is 0 Å². The van der Waals surface area contributed by atoms with E-state index in [-0.39, 0.29) is 22.8 Å². The first-order valence-electron chi connectivity index (χ1n) is 5.59. The molecule has 0 atom stereocenters. The van der Waals surface area contributed by atoms with Gasteiger partial charge >= 0.3 is 0 Å². The maximum absolute atomic E-state index is 12.0. The highest BCUT2D eigenvalue weighted by Gasteiger charge is 2.10. The van der Waals surface area contributed by atoms with Gasteiger partial charge in [-0.1, -0.05) is 0 Å². The maximum Gasteiger partial charge on any atom is 0.259 e. The lowest BCUT2D eigenvalue weighted by Gasteiger charge is -2.04. The molecule has 0 fully saturated rings. The number of aromatic amines is 1. The summed E-state index contributed by atoms with van der Waals surface area (Å²) in [5, 5.41) is 10.1. The monoisotopic (exact) mass is 254 g/mol. The first-order chi connectivity index (χ1) is 9.15. The lowest BCUT2D eigenvalue weighted by molar-refractivity contribution is 0.474. The summed E-state index contributed by atoms with van der Waals surface area (Å²) in [6, 6.07) is 7.96. The normalized spacial score (nSPS) is 10.7. The Balaban J connectivity index is 2.31. The first kappa shape index (κ1) is 11.2. The van der Waals surface area contributed by atoms with E-state index in [1.165, 1.54) is 12.3 Å². The fourth-order valence-electron chi connectivity index (χ4n) is 1.85. The van der Waals surface area contributed by atoms with Gasteiger partial charge < -0.3 is 15.8 Å². The number of rotatable bonds is 1. The second-order valence-electron chi connectivity index (χ2n) is 4.06. The Labute approximate surface area is 107 Å². The fraction of sp³-hybridized carbons (Fsp3) is 0. The lowest BCUT2D eigenvalue weighted by atomic mass is 10.2. The van der Waals surface area contributed by atoms with Crippen molar-refractivity contribution in [2.24, 2.45) is 0 Å². The molecule has 6 nitrogen and oxygen atoms in total. The quantitative estimate of drug-likeness (QED) is 0.567. The summed E-state index contributed by atoms with van der Waals surface area (Å²) in [5.74, 6) is 0.181. The van der Waals surface area contributed by atoms with Crippen LogP contribution in [0.1, 0.15) is 0 Å². The summed E-state index contributed by atoms with van der Waals surface area (Å²) in [6.45, 7) is 0. The number of aromatic nitrogens is 3. The molecule has 0 radical (unpaired) electrons. The second-order valence-corrected chi connectivity index (χ2v) is 4.06. The Kier molecular flexibility index (Phi) is 2.42. The third kappa shape index (κ3) is 1.89. The van der Waals surface area contributed by atoms with Crippen molar-refractivity contribution in [3.05, 3.63) is 46.9 Å². The molecule has 2 heterocycles. The summed E-state index contributed by atoms with van der Waals surface area (Å²) in [7, 11) is 0. The van der Waals surface area contributed by atoms with E-state index in [1.807, 2.05) is 0 Å². The molecule has 0 saturated heterocycles. The molecule has 3 rings (SSSR count). The third-order valence-corrected chi connectivity index (χ3v) is 2.74. The van der Waals surface area contributed by atoms with Gasteiger partial charge in [0.1, 0.15) is 11.4 Å². The van der Waals surface area contributed by atoms with E-state index in [4.69, 9.17) is 5.73 Å². The zero-order chi connectivity index (χ0) is 13.4. The van der Waals surface area contributed by atoms with Crippen LogP contribution >= 0.6 is 0 Å². The van der Waals surface area contributed by atoms with Crippen LogP contribution in [-0.2, 0) is 0 Å². The molecule has 0 amide bonds. The molecular formula is C13H10N4O2. The standard InChI is InChI=1S/C13H10N4O2/c14-7-3-4-9-8(6-7)13(19)17-12(16-9)11-10(18)2-1-5-15-11/h1-6,18H,14H2,(H,16,17,19). The highest BCUT2D eigenvalue weighted by molar-refractivity contribution is 5.82. The van der Waals surface area contributed by atoms with E-state index >= 15 is 0 Å². The van der Waals surface area contributed by atoms with Gasteiger partial charge in [-0.3, -0.25) is 4.79 Å². The first-order valence-corrected chi connectivity index (χ1v) is 5.59. The average molecular weight is 254 g/mol. The molecule has 0 aliphatic rings. The summed E-state index contributed by atoms with van der Waals surface area (Å²) < 4.78 is 0. The van der Waals surface area contributed by atoms with Crippen LogP contribution < -0.4 is 11.3 Å². The lowest BCUT2D eigenvalue weighted by Crippen LogP contribution is -2.10. The Morgan fingerprint density at radius 1 is 1.26 bits per heavy atom. The number of benzene rings is 1. The molecule has 19 heavy (non-hydrogen) atoms. The van der Waals surface area contributed by atoms with Gasteiger partial charge in [0.05, 0.1) is 10.9 Å². The van der Waals surface area contributed by atoms with Gasteiger partial charge in [-0.25, -0.2) is 9.97 Å². The van der Waals surface area contributed by atoms with Gasteiger partial charge in [-0.15, -0.1) is 0 Å². The van der Waals surface area contributed by atoms with Crippen molar-refractivity contribution in [3.8, 4) is 17.3 Å². The van der Waals surface area contributed by atoms with Crippen molar-refractivity contribution < 1.29 is 5.11 Å². The van der Waals surface area contributed by atoms with Gasteiger partial charge in [0.25, 0.3) is 5.56 Å². The van der Waals surface area contributed by atoms with E-state index in [9.17, 15) is 9.90 Å². The number of pyridine rings is 1. The summed E-state index contributed by atoms with van der Waals surface area (Å²) in [5.41, 5.74) is 6.54. The van der Waals surface area contributed by atoms with Crippen molar-refractivity contribution in [3.63, 3.8) is 0 Å². The number of nitrogens with two attached hydrogens (primary N) is 1. The molecular weight excluding hydrogens is 244 g/mol. The minimum Gasteiger partial charge on any atom is -0.506 e. The van der Waals surface area contributed by atoms with E-state index in [1.54, 1.807) is 24.3 Å². The Morgan fingerprint density at radius 2 is 2.11 bits per heavy atom.